The predicted octanol–water partition coefficient (Wildman–Crippen LogP) is 4.52. The Kier molecular flexibility index (Phi) is 5.03. The molecule has 0 radical (unpaired) electrons. The molecule has 0 saturated heterocycles. The van der Waals surface area contributed by atoms with E-state index in [9.17, 15) is 9.59 Å². The van der Waals surface area contributed by atoms with Crippen molar-refractivity contribution < 1.29 is 14.3 Å². The van der Waals surface area contributed by atoms with Crippen LogP contribution in [0.5, 0.6) is 0 Å². The number of hydrogen-bond acceptors (Lipinski definition) is 5. The lowest BCUT2D eigenvalue weighted by molar-refractivity contribution is 0.170. The van der Waals surface area contributed by atoms with E-state index in [1.165, 1.54) is 24.4 Å². The number of hydrogen-bond donors (Lipinski definition) is 2. The Hall–Kier alpha value is -4.20. The van der Waals surface area contributed by atoms with Crippen molar-refractivity contribution >= 4 is 28.7 Å². The Balaban J connectivity index is 1.36. The van der Waals surface area contributed by atoms with Crippen LogP contribution in [-0.4, -0.2) is 34.0 Å². The fourth-order valence-corrected chi connectivity index (χ4v) is 4.31. The van der Waals surface area contributed by atoms with Crippen molar-refractivity contribution in [2.75, 3.05) is 12.4 Å². The summed E-state index contributed by atoms with van der Waals surface area (Å²) in [4.78, 5) is 28.8. The average molecular weight is 427 g/mol. The molecule has 2 aromatic heterocycles. The summed E-state index contributed by atoms with van der Waals surface area (Å²) in [6.45, 7) is 0. The van der Waals surface area contributed by atoms with Crippen LogP contribution in [0.4, 0.5) is 15.3 Å². The zero-order valence-corrected chi connectivity index (χ0v) is 17.4. The highest BCUT2D eigenvalue weighted by molar-refractivity contribution is 6.02. The molecule has 2 aromatic carbocycles. The molecule has 0 saturated carbocycles. The third-order valence-electron chi connectivity index (χ3n) is 5.78. The molecule has 1 atom stereocenters. The first-order valence-corrected chi connectivity index (χ1v) is 10.3. The highest BCUT2D eigenvalue weighted by Gasteiger charge is 2.26. The van der Waals surface area contributed by atoms with E-state index < -0.39 is 6.09 Å². The van der Waals surface area contributed by atoms with Gasteiger partial charge in [0.2, 0.25) is 0 Å². The minimum Gasteiger partial charge on any atom is -0.451 e. The Morgan fingerprint density at radius 3 is 2.72 bits per heavy atom. The van der Waals surface area contributed by atoms with Crippen LogP contribution in [0.2, 0.25) is 0 Å². The zero-order chi connectivity index (χ0) is 22.1. The van der Waals surface area contributed by atoms with E-state index in [4.69, 9.17) is 4.74 Å². The lowest BCUT2D eigenvalue weighted by Crippen LogP contribution is -2.31. The fourth-order valence-electron chi connectivity index (χ4n) is 4.31. The molecule has 2 heterocycles. The quantitative estimate of drug-likeness (QED) is 0.501. The van der Waals surface area contributed by atoms with Crippen LogP contribution in [0, 0.1) is 0 Å². The number of rotatable bonds is 3. The lowest BCUT2D eigenvalue weighted by Gasteiger charge is -2.16. The molecule has 0 spiro atoms. The Labute approximate surface area is 184 Å². The number of urea groups is 1. The van der Waals surface area contributed by atoms with Crippen molar-refractivity contribution in [2.24, 2.45) is 0 Å². The topological polar surface area (TPSA) is 98.1 Å². The van der Waals surface area contributed by atoms with Crippen molar-refractivity contribution in [3.8, 4) is 11.1 Å². The van der Waals surface area contributed by atoms with Gasteiger partial charge in [-0.2, -0.15) is 9.78 Å². The molecule has 8 nitrogen and oxygen atoms in total. The largest absolute Gasteiger partial charge is 0.451 e. The summed E-state index contributed by atoms with van der Waals surface area (Å²) < 4.78 is 5.90. The Bertz CT molecular complexity index is 1320. The molecule has 0 aliphatic heterocycles. The second-order valence-corrected chi connectivity index (χ2v) is 7.56. The predicted molar refractivity (Wildman–Crippen MR) is 120 cm³/mol. The maximum atomic E-state index is 12.8. The first-order valence-electron chi connectivity index (χ1n) is 10.3. The van der Waals surface area contributed by atoms with Crippen molar-refractivity contribution in [1.82, 2.24) is 20.1 Å². The molecule has 1 unspecified atom stereocenters. The molecule has 1 aliphatic rings. The van der Waals surface area contributed by atoms with Crippen LogP contribution < -0.4 is 10.6 Å². The number of nitrogens with one attached hydrogen (secondary N) is 2. The number of amides is 2. The Morgan fingerprint density at radius 2 is 1.91 bits per heavy atom. The first-order chi connectivity index (χ1) is 15.7. The molecule has 1 aliphatic carbocycles. The summed E-state index contributed by atoms with van der Waals surface area (Å²) in [5, 5.41) is 10.7. The van der Waals surface area contributed by atoms with E-state index >= 15 is 0 Å². The minimum atomic E-state index is -0.589. The summed E-state index contributed by atoms with van der Waals surface area (Å²) >= 11 is 0. The fraction of sp³-hybridized carbons (Fsp3) is 0.167. The summed E-state index contributed by atoms with van der Waals surface area (Å²) in [6.07, 6.45) is 6.24. The van der Waals surface area contributed by atoms with Gasteiger partial charge in [0.25, 0.3) is 0 Å². The summed E-state index contributed by atoms with van der Waals surface area (Å²) in [5.41, 5.74) is 5.81. The van der Waals surface area contributed by atoms with Gasteiger partial charge in [0.05, 0.1) is 30.6 Å². The van der Waals surface area contributed by atoms with Crippen LogP contribution in [0.25, 0.3) is 22.0 Å². The maximum Gasteiger partial charge on any atom is 0.434 e. The van der Waals surface area contributed by atoms with Gasteiger partial charge in [-0.1, -0.05) is 24.3 Å². The van der Waals surface area contributed by atoms with Crippen molar-refractivity contribution in [3.63, 3.8) is 0 Å². The normalized spacial score (nSPS) is 14.7. The second kappa shape index (κ2) is 8.14. The number of anilines is 1. The minimum absolute atomic E-state index is 0.0798. The summed E-state index contributed by atoms with van der Waals surface area (Å²) in [5.74, 6) is 0. The summed E-state index contributed by atoms with van der Waals surface area (Å²) in [6, 6.07) is 15.1. The van der Waals surface area contributed by atoms with E-state index in [2.05, 4.69) is 32.8 Å². The highest BCUT2D eigenvalue weighted by atomic mass is 16.5. The number of benzene rings is 2. The van der Waals surface area contributed by atoms with Gasteiger partial charge < -0.3 is 15.4 Å². The second-order valence-electron chi connectivity index (χ2n) is 7.56. The van der Waals surface area contributed by atoms with Crippen LogP contribution in [-0.2, 0) is 11.2 Å². The lowest BCUT2D eigenvalue weighted by atomic mass is 9.97. The van der Waals surface area contributed by atoms with E-state index in [0.717, 1.165) is 28.7 Å². The number of ether oxygens (including phenoxy) is 1. The van der Waals surface area contributed by atoms with Crippen molar-refractivity contribution in [1.29, 1.82) is 0 Å². The average Bonchev–Trinajstić information content (AvgIpc) is 3.44. The molecule has 32 heavy (non-hydrogen) atoms. The Morgan fingerprint density at radius 1 is 1.09 bits per heavy atom. The van der Waals surface area contributed by atoms with Gasteiger partial charge in [0.1, 0.15) is 0 Å². The molecule has 2 amide bonds. The number of carbonyl (C=O) groups excluding carboxylic acids is 2. The molecule has 4 aromatic rings. The van der Waals surface area contributed by atoms with E-state index in [1.807, 2.05) is 18.2 Å². The number of methoxy groups -OCH3 is 1. The van der Waals surface area contributed by atoms with Gasteiger partial charge >= 0.3 is 12.1 Å². The van der Waals surface area contributed by atoms with Crippen molar-refractivity contribution in [3.05, 3.63) is 78.2 Å². The molecule has 5 rings (SSSR count). The van der Waals surface area contributed by atoms with E-state index in [1.54, 1.807) is 30.6 Å². The molecular formula is C24H21N5O3. The third kappa shape index (κ3) is 3.45. The molecular weight excluding hydrogens is 406 g/mol. The van der Waals surface area contributed by atoms with Gasteiger partial charge in [-0.3, -0.25) is 4.98 Å². The standard InChI is InChI=1S/C24H21N5O3/c1-32-24(31)29-22-7-3-6-20(19(22)14-26-29)27-23(30)28-21-9-8-17-16(4-2-5-18(17)21)15-10-12-25-13-11-15/h2-7,10-14,21H,8-9H2,1H3,(H2,27,28,30). The van der Waals surface area contributed by atoms with Crippen LogP contribution >= 0.6 is 0 Å². The SMILES string of the molecule is COC(=O)n1ncc2c(NC(=O)NC3CCc4c(-c5ccncc5)cccc43)cccc21. The molecule has 0 fully saturated rings. The van der Waals surface area contributed by atoms with Crippen molar-refractivity contribution in [2.45, 2.75) is 18.9 Å². The van der Waals surface area contributed by atoms with Crippen LogP contribution in [0.1, 0.15) is 23.6 Å². The number of carbonyl (C=O) groups is 2. The van der Waals surface area contributed by atoms with Crippen LogP contribution in [0.3, 0.4) is 0 Å². The van der Waals surface area contributed by atoms with E-state index in [0.29, 0.717) is 16.6 Å². The first kappa shape index (κ1) is 19.7. The smallest absolute Gasteiger partial charge is 0.434 e. The van der Waals surface area contributed by atoms with Gasteiger partial charge in [0.15, 0.2) is 0 Å². The molecule has 8 heteroatoms. The van der Waals surface area contributed by atoms with Gasteiger partial charge in [-0.15, -0.1) is 0 Å². The maximum absolute atomic E-state index is 12.8. The highest BCUT2D eigenvalue weighted by Crippen LogP contribution is 2.37. The molecule has 2 N–H and O–H groups in total. The number of nitrogens with zero attached hydrogens (tertiary/aromatic N) is 3. The van der Waals surface area contributed by atoms with E-state index in [-0.39, 0.29) is 12.1 Å². The van der Waals surface area contributed by atoms with Crippen LogP contribution in [0.15, 0.2) is 67.1 Å². The monoisotopic (exact) mass is 427 g/mol. The summed E-state index contributed by atoms with van der Waals surface area (Å²) in [7, 11) is 1.30. The molecule has 0 bridgehead atoms. The molecule has 160 valence electrons. The van der Waals surface area contributed by atoms with Gasteiger partial charge in [-0.05, 0) is 59.4 Å². The van der Waals surface area contributed by atoms with Gasteiger partial charge in [-0.25, -0.2) is 9.59 Å². The number of aromatic nitrogens is 3. The van der Waals surface area contributed by atoms with Gasteiger partial charge in [0, 0.05) is 17.8 Å². The number of fused-ring (bicyclic) bond motifs is 2. The zero-order valence-electron chi connectivity index (χ0n) is 17.4. The third-order valence-corrected chi connectivity index (χ3v) is 5.78. The number of pyridine rings is 1.